The van der Waals surface area contributed by atoms with Crippen LogP contribution in [0.15, 0.2) is 0 Å². The Balaban J connectivity index is 2.01. The average Bonchev–Trinajstić information content (AvgIpc) is 2.60. The number of sulfonamides is 1. The van der Waals surface area contributed by atoms with Crippen LogP contribution in [0.4, 0.5) is 0 Å². The molecule has 0 spiro atoms. The summed E-state index contributed by atoms with van der Waals surface area (Å²) in [6.45, 7) is 4.76. The van der Waals surface area contributed by atoms with Crippen LogP contribution in [0.2, 0.25) is 0 Å². The highest BCUT2D eigenvalue weighted by Crippen LogP contribution is 2.34. The standard InChI is InChI=1S/C12H20N2O5S/c1-12(2)9(8-10(15)19-12)11(16)13-4-6-14(7-5-13)20(3,17)18/h9H,4-8H2,1-3H3/t9-/m1/s1. The summed E-state index contributed by atoms with van der Waals surface area (Å²) in [5.41, 5.74) is -0.790. The summed E-state index contributed by atoms with van der Waals surface area (Å²) < 4.78 is 29.4. The molecule has 0 N–H and O–H groups in total. The summed E-state index contributed by atoms with van der Waals surface area (Å²) in [7, 11) is -3.21. The lowest BCUT2D eigenvalue weighted by Gasteiger charge is -2.36. The lowest BCUT2D eigenvalue weighted by molar-refractivity contribution is -0.149. The second-order valence-corrected chi connectivity index (χ2v) is 7.80. The van der Waals surface area contributed by atoms with Gasteiger partial charge in [-0.15, -0.1) is 0 Å². The van der Waals surface area contributed by atoms with Gasteiger partial charge >= 0.3 is 5.97 Å². The van der Waals surface area contributed by atoms with Gasteiger partial charge in [-0.2, -0.15) is 4.31 Å². The zero-order chi connectivity index (χ0) is 15.1. The number of cyclic esters (lactones) is 1. The Morgan fingerprint density at radius 1 is 1.25 bits per heavy atom. The minimum absolute atomic E-state index is 0.0954. The van der Waals surface area contributed by atoms with E-state index in [0.717, 1.165) is 6.26 Å². The predicted octanol–water partition coefficient (Wildman–Crippen LogP) is -0.568. The molecule has 2 saturated heterocycles. The Morgan fingerprint density at radius 3 is 2.20 bits per heavy atom. The van der Waals surface area contributed by atoms with Crippen LogP contribution in [-0.4, -0.2) is 67.5 Å². The lowest BCUT2D eigenvalue weighted by Crippen LogP contribution is -2.53. The number of hydrogen-bond donors (Lipinski definition) is 0. The first-order chi connectivity index (χ1) is 9.11. The summed E-state index contributed by atoms with van der Waals surface area (Å²) in [4.78, 5) is 25.4. The van der Waals surface area contributed by atoms with Crippen molar-refractivity contribution in [3.8, 4) is 0 Å². The van der Waals surface area contributed by atoms with Crippen LogP contribution in [0, 0.1) is 5.92 Å². The predicted molar refractivity (Wildman–Crippen MR) is 71.3 cm³/mol. The fourth-order valence-electron chi connectivity index (χ4n) is 2.66. The van der Waals surface area contributed by atoms with Gasteiger partial charge in [0.2, 0.25) is 15.9 Å². The quantitative estimate of drug-likeness (QED) is 0.638. The van der Waals surface area contributed by atoms with Gasteiger partial charge in [-0.1, -0.05) is 0 Å². The third kappa shape index (κ3) is 2.95. The normalized spacial score (nSPS) is 27.4. The molecule has 1 atom stereocenters. The molecule has 0 aromatic heterocycles. The van der Waals surface area contributed by atoms with Crippen molar-refractivity contribution in [2.75, 3.05) is 32.4 Å². The van der Waals surface area contributed by atoms with E-state index in [1.54, 1.807) is 18.7 Å². The van der Waals surface area contributed by atoms with E-state index in [1.165, 1.54) is 4.31 Å². The third-order valence-electron chi connectivity index (χ3n) is 3.90. The van der Waals surface area contributed by atoms with Crippen molar-refractivity contribution in [3.05, 3.63) is 0 Å². The molecule has 2 rings (SSSR count). The Hall–Kier alpha value is -1.15. The van der Waals surface area contributed by atoms with Gasteiger partial charge in [0, 0.05) is 26.2 Å². The maximum Gasteiger partial charge on any atom is 0.307 e. The van der Waals surface area contributed by atoms with Crippen molar-refractivity contribution in [2.24, 2.45) is 5.92 Å². The van der Waals surface area contributed by atoms with Gasteiger partial charge < -0.3 is 9.64 Å². The lowest BCUT2D eigenvalue weighted by atomic mass is 9.89. The molecule has 20 heavy (non-hydrogen) atoms. The number of rotatable bonds is 2. The molecular weight excluding hydrogens is 284 g/mol. The number of ether oxygens (including phenoxy) is 1. The molecule has 0 radical (unpaired) electrons. The molecule has 2 fully saturated rings. The number of hydrogen-bond acceptors (Lipinski definition) is 5. The molecular formula is C12H20N2O5S. The highest BCUT2D eigenvalue weighted by molar-refractivity contribution is 7.88. The first-order valence-corrected chi connectivity index (χ1v) is 8.42. The van der Waals surface area contributed by atoms with Gasteiger partial charge in [-0.25, -0.2) is 8.42 Å². The van der Waals surface area contributed by atoms with Gasteiger partial charge in [0.05, 0.1) is 18.6 Å². The van der Waals surface area contributed by atoms with Crippen LogP contribution >= 0.6 is 0 Å². The topological polar surface area (TPSA) is 84.0 Å². The van der Waals surface area contributed by atoms with Crippen LogP contribution in [0.1, 0.15) is 20.3 Å². The second-order valence-electron chi connectivity index (χ2n) is 5.82. The zero-order valence-corrected chi connectivity index (χ0v) is 12.8. The van der Waals surface area contributed by atoms with Crippen molar-refractivity contribution in [3.63, 3.8) is 0 Å². The molecule has 0 aromatic carbocycles. The Labute approximate surface area is 118 Å². The first-order valence-electron chi connectivity index (χ1n) is 6.57. The fraction of sp³-hybridized carbons (Fsp3) is 0.833. The summed E-state index contributed by atoms with van der Waals surface area (Å²) in [6, 6.07) is 0. The van der Waals surface area contributed by atoms with E-state index < -0.39 is 21.5 Å². The van der Waals surface area contributed by atoms with Crippen molar-refractivity contribution < 1.29 is 22.7 Å². The van der Waals surface area contributed by atoms with E-state index in [0.29, 0.717) is 26.2 Å². The van der Waals surface area contributed by atoms with Crippen LogP contribution in [-0.2, 0) is 24.3 Å². The summed E-state index contributed by atoms with van der Waals surface area (Å²) >= 11 is 0. The Morgan fingerprint density at radius 2 is 1.80 bits per heavy atom. The fourth-order valence-corrected chi connectivity index (χ4v) is 3.49. The van der Waals surface area contributed by atoms with E-state index in [-0.39, 0.29) is 18.3 Å². The molecule has 2 heterocycles. The van der Waals surface area contributed by atoms with Crippen molar-refractivity contribution >= 4 is 21.9 Å². The molecule has 7 nitrogen and oxygen atoms in total. The minimum atomic E-state index is -3.21. The SMILES string of the molecule is CC1(C)OC(=O)C[C@@H]1C(=O)N1CCN(S(C)(=O)=O)CC1. The first kappa shape index (κ1) is 15.2. The number of piperazine rings is 1. The van der Waals surface area contributed by atoms with Crippen molar-refractivity contribution in [1.82, 2.24) is 9.21 Å². The highest BCUT2D eigenvalue weighted by atomic mass is 32.2. The molecule has 2 aliphatic rings. The van der Waals surface area contributed by atoms with Gasteiger partial charge in [-0.05, 0) is 13.8 Å². The minimum Gasteiger partial charge on any atom is -0.459 e. The maximum absolute atomic E-state index is 12.4. The average molecular weight is 304 g/mol. The van der Waals surface area contributed by atoms with Gasteiger partial charge in [0.25, 0.3) is 0 Å². The molecule has 0 bridgehead atoms. The van der Waals surface area contributed by atoms with Gasteiger partial charge in [0.1, 0.15) is 5.60 Å². The van der Waals surface area contributed by atoms with E-state index in [1.807, 2.05) is 0 Å². The van der Waals surface area contributed by atoms with Gasteiger partial charge in [-0.3, -0.25) is 9.59 Å². The van der Waals surface area contributed by atoms with Crippen molar-refractivity contribution in [1.29, 1.82) is 0 Å². The molecule has 0 unspecified atom stereocenters. The molecule has 2 aliphatic heterocycles. The molecule has 1 amide bonds. The Bertz CT molecular complexity index is 520. The summed E-state index contributed by atoms with van der Waals surface area (Å²) in [5, 5.41) is 0. The smallest absolute Gasteiger partial charge is 0.307 e. The van der Waals surface area contributed by atoms with Crippen LogP contribution in [0.3, 0.4) is 0 Å². The van der Waals surface area contributed by atoms with Gasteiger partial charge in [0.15, 0.2) is 0 Å². The summed E-state index contributed by atoms with van der Waals surface area (Å²) in [5.74, 6) is -0.975. The Kier molecular flexibility index (Phi) is 3.81. The number of amides is 1. The zero-order valence-electron chi connectivity index (χ0n) is 12.0. The monoisotopic (exact) mass is 304 g/mol. The molecule has 0 saturated carbocycles. The number of carbonyl (C=O) groups is 2. The van der Waals surface area contributed by atoms with E-state index in [9.17, 15) is 18.0 Å². The van der Waals surface area contributed by atoms with Crippen LogP contribution in [0.5, 0.6) is 0 Å². The second kappa shape index (κ2) is 5.00. The van der Waals surface area contributed by atoms with Crippen LogP contribution < -0.4 is 0 Å². The maximum atomic E-state index is 12.4. The summed E-state index contributed by atoms with van der Waals surface area (Å²) in [6.07, 6.45) is 1.26. The number of esters is 1. The highest BCUT2D eigenvalue weighted by Gasteiger charge is 2.47. The molecule has 0 aliphatic carbocycles. The molecule has 8 heteroatoms. The molecule has 114 valence electrons. The largest absolute Gasteiger partial charge is 0.459 e. The number of nitrogens with zero attached hydrogens (tertiary/aromatic N) is 2. The molecule has 0 aromatic rings. The van der Waals surface area contributed by atoms with E-state index in [2.05, 4.69) is 0 Å². The number of carbonyl (C=O) groups excluding carboxylic acids is 2. The van der Waals surface area contributed by atoms with E-state index in [4.69, 9.17) is 4.74 Å². The van der Waals surface area contributed by atoms with E-state index >= 15 is 0 Å². The van der Waals surface area contributed by atoms with Crippen molar-refractivity contribution in [2.45, 2.75) is 25.9 Å². The van der Waals surface area contributed by atoms with Crippen LogP contribution in [0.25, 0.3) is 0 Å². The third-order valence-corrected chi connectivity index (χ3v) is 5.21.